The van der Waals surface area contributed by atoms with Gasteiger partial charge in [0.05, 0.1) is 12.7 Å². The lowest BCUT2D eigenvalue weighted by Gasteiger charge is -2.31. The highest BCUT2D eigenvalue weighted by molar-refractivity contribution is 5.94. The van der Waals surface area contributed by atoms with Crippen LogP contribution in [0.25, 0.3) is 0 Å². The lowest BCUT2D eigenvalue weighted by atomic mass is 10.0. The Balaban J connectivity index is 2.08. The molecule has 1 aromatic rings. The largest absolute Gasteiger partial charge is 0.375 e. The number of ether oxygens (including phenoxy) is 1. The maximum atomic E-state index is 12.3. The number of carbonyl (C=O) groups excluding carboxylic acids is 1. The topological polar surface area (TPSA) is 29.5 Å². The molecule has 0 saturated carbocycles. The second-order valence-corrected chi connectivity index (χ2v) is 5.21. The smallest absolute Gasteiger partial charge is 0.254 e. The molecule has 1 aliphatic rings. The van der Waals surface area contributed by atoms with Gasteiger partial charge in [-0.2, -0.15) is 0 Å². The van der Waals surface area contributed by atoms with E-state index < -0.39 is 0 Å². The Hall–Kier alpha value is -1.35. The van der Waals surface area contributed by atoms with Crippen molar-refractivity contribution in [2.75, 3.05) is 19.7 Å². The highest BCUT2D eigenvalue weighted by Gasteiger charge is 2.22. The summed E-state index contributed by atoms with van der Waals surface area (Å²) in [7, 11) is 0. The van der Waals surface area contributed by atoms with Gasteiger partial charge in [-0.15, -0.1) is 0 Å². The van der Waals surface area contributed by atoms with E-state index in [2.05, 4.69) is 13.8 Å². The van der Waals surface area contributed by atoms with E-state index in [1.807, 2.05) is 36.1 Å². The molecule has 1 saturated heterocycles. The number of amides is 1. The van der Waals surface area contributed by atoms with Gasteiger partial charge < -0.3 is 9.64 Å². The first-order valence-corrected chi connectivity index (χ1v) is 6.58. The lowest BCUT2D eigenvalue weighted by molar-refractivity contribution is -0.0124. The Morgan fingerprint density at radius 1 is 1.33 bits per heavy atom. The number of carbonyl (C=O) groups is 1. The van der Waals surface area contributed by atoms with Crippen LogP contribution in [0.15, 0.2) is 24.3 Å². The van der Waals surface area contributed by atoms with Gasteiger partial charge in [0, 0.05) is 18.7 Å². The average Bonchev–Trinajstić information content (AvgIpc) is 2.38. The molecule has 1 aromatic carbocycles. The lowest BCUT2D eigenvalue weighted by Crippen LogP contribution is -2.44. The van der Waals surface area contributed by atoms with Gasteiger partial charge in [-0.1, -0.05) is 26.0 Å². The van der Waals surface area contributed by atoms with E-state index in [9.17, 15) is 4.79 Å². The van der Waals surface area contributed by atoms with Crippen LogP contribution in [0.1, 0.15) is 42.6 Å². The molecule has 0 bridgehead atoms. The molecule has 1 fully saturated rings. The standard InChI is InChI=1S/C15H21NO2/c1-11(2)13-4-6-14(7-5-13)15(17)16-8-9-18-12(3)10-16/h4-7,11-12H,8-10H2,1-3H3. The summed E-state index contributed by atoms with van der Waals surface area (Å²) in [6.07, 6.45) is 0.137. The van der Waals surface area contributed by atoms with Gasteiger partial charge in [-0.05, 0) is 30.5 Å². The zero-order valence-electron chi connectivity index (χ0n) is 11.3. The fourth-order valence-electron chi connectivity index (χ4n) is 2.20. The molecule has 1 heterocycles. The van der Waals surface area contributed by atoms with Crippen LogP contribution in [0.5, 0.6) is 0 Å². The highest BCUT2D eigenvalue weighted by atomic mass is 16.5. The van der Waals surface area contributed by atoms with Gasteiger partial charge in [-0.3, -0.25) is 4.79 Å². The SMILES string of the molecule is CC1CN(C(=O)c2ccc(C(C)C)cc2)CCO1. The summed E-state index contributed by atoms with van der Waals surface area (Å²) < 4.78 is 5.45. The third-order valence-corrected chi connectivity index (χ3v) is 3.35. The van der Waals surface area contributed by atoms with Crippen molar-refractivity contribution >= 4 is 5.91 Å². The Bertz CT molecular complexity index is 411. The van der Waals surface area contributed by atoms with E-state index in [4.69, 9.17) is 4.74 Å². The fraction of sp³-hybridized carbons (Fsp3) is 0.533. The minimum absolute atomic E-state index is 0.112. The maximum absolute atomic E-state index is 12.3. The van der Waals surface area contributed by atoms with E-state index in [-0.39, 0.29) is 12.0 Å². The van der Waals surface area contributed by atoms with Gasteiger partial charge >= 0.3 is 0 Å². The molecule has 0 spiro atoms. The van der Waals surface area contributed by atoms with Crippen LogP contribution in [0.2, 0.25) is 0 Å². The van der Waals surface area contributed by atoms with Gasteiger partial charge in [0.2, 0.25) is 0 Å². The molecule has 1 unspecified atom stereocenters. The minimum Gasteiger partial charge on any atom is -0.375 e. The summed E-state index contributed by atoms with van der Waals surface area (Å²) in [5, 5.41) is 0. The van der Waals surface area contributed by atoms with Gasteiger partial charge in [0.25, 0.3) is 5.91 Å². The van der Waals surface area contributed by atoms with Gasteiger partial charge in [-0.25, -0.2) is 0 Å². The van der Waals surface area contributed by atoms with Crippen molar-refractivity contribution in [3.63, 3.8) is 0 Å². The summed E-state index contributed by atoms with van der Waals surface area (Å²) in [6, 6.07) is 7.94. The molecule has 0 aromatic heterocycles. The van der Waals surface area contributed by atoms with Crippen molar-refractivity contribution in [1.82, 2.24) is 4.90 Å². The van der Waals surface area contributed by atoms with Gasteiger partial charge in [0.1, 0.15) is 0 Å². The molecule has 0 aliphatic carbocycles. The molecular weight excluding hydrogens is 226 g/mol. The minimum atomic E-state index is 0.112. The van der Waals surface area contributed by atoms with Crippen LogP contribution in [-0.4, -0.2) is 36.6 Å². The summed E-state index contributed by atoms with van der Waals surface area (Å²) in [4.78, 5) is 14.2. The van der Waals surface area contributed by atoms with E-state index in [0.717, 1.165) is 5.56 Å². The molecule has 0 N–H and O–H groups in total. The second kappa shape index (κ2) is 5.53. The predicted molar refractivity (Wildman–Crippen MR) is 71.8 cm³/mol. The molecule has 18 heavy (non-hydrogen) atoms. The Labute approximate surface area is 109 Å². The number of rotatable bonds is 2. The molecule has 0 radical (unpaired) electrons. The van der Waals surface area contributed by atoms with E-state index >= 15 is 0 Å². The van der Waals surface area contributed by atoms with Crippen molar-refractivity contribution in [3.8, 4) is 0 Å². The number of morpholine rings is 1. The van der Waals surface area contributed by atoms with Crippen LogP contribution in [0.3, 0.4) is 0 Å². The second-order valence-electron chi connectivity index (χ2n) is 5.21. The zero-order chi connectivity index (χ0) is 13.1. The van der Waals surface area contributed by atoms with Crippen molar-refractivity contribution < 1.29 is 9.53 Å². The third-order valence-electron chi connectivity index (χ3n) is 3.35. The van der Waals surface area contributed by atoms with Gasteiger partial charge in [0.15, 0.2) is 0 Å². The van der Waals surface area contributed by atoms with Crippen molar-refractivity contribution in [1.29, 1.82) is 0 Å². The van der Waals surface area contributed by atoms with E-state index in [0.29, 0.717) is 25.6 Å². The summed E-state index contributed by atoms with van der Waals surface area (Å²) in [5.74, 6) is 0.609. The van der Waals surface area contributed by atoms with Crippen LogP contribution in [0.4, 0.5) is 0 Å². The number of hydrogen-bond acceptors (Lipinski definition) is 2. The van der Waals surface area contributed by atoms with E-state index in [1.165, 1.54) is 5.56 Å². The molecule has 1 amide bonds. The first-order chi connectivity index (χ1) is 8.58. The average molecular weight is 247 g/mol. The molecule has 2 rings (SSSR count). The molecule has 1 aliphatic heterocycles. The number of nitrogens with zero attached hydrogens (tertiary/aromatic N) is 1. The quantitative estimate of drug-likeness (QED) is 0.804. The Morgan fingerprint density at radius 3 is 2.56 bits per heavy atom. The summed E-state index contributed by atoms with van der Waals surface area (Å²) in [6.45, 7) is 8.32. The van der Waals surface area contributed by atoms with Crippen LogP contribution in [0, 0.1) is 0 Å². The highest BCUT2D eigenvalue weighted by Crippen LogP contribution is 2.16. The normalized spacial score (nSPS) is 20.2. The Morgan fingerprint density at radius 2 is 2.00 bits per heavy atom. The number of benzene rings is 1. The van der Waals surface area contributed by atoms with Crippen molar-refractivity contribution in [2.24, 2.45) is 0 Å². The molecule has 98 valence electrons. The van der Waals surface area contributed by atoms with E-state index in [1.54, 1.807) is 0 Å². The van der Waals surface area contributed by atoms with Crippen molar-refractivity contribution in [3.05, 3.63) is 35.4 Å². The molecule has 1 atom stereocenters. The fourth-order valence-corrected chi connectivity index (χ4v) is 2.20. The molecule has 3 nitrogen and oxygen atoms in total. The van der Waals surface area contributed by atoms with Crippen LogP contribution < -0.4 is 0 Å². The zero-order valence-corrected chi connectivity index (χ0v) is 11.3. The summed E-state index contributed by atoms with van der Waals surface area (Å²) in [5.41, 5.74) is 2.04. The Kier molecular flexibility index (Phi) is 4.02. The molecular formula is C15H21NO2. The molecule has 3 heteroatoms. The van der Waals surface area contributed by atoms with Crippen LogP contribution >= 0.6 is 0 Å². The predicted octanol–water partition coefficient (Wildman–Crippen LogP) is 2.67. The first kappa shape index (κ1) is 13.1. The maximum Gasteiger partial charge on any atom is 0.254 e. The summed E-state index contributed by atoms with van der Waals surface area (Å²) >= 11 is 0. The monoisotopic (exact) mass is 247 g/mol. The van der Waals surface area contributed by atoms with Crippen LogP contribution in [-0.2, 0) is 4.74 Å². The third kappa shape index (κ3) is 2.91. The number of hydrogen-bond donors (Lipinski definition) is 0. The first-order valence-electron chi connectivity index (χ1n) is 6.58. The van der Waals surface area contributed by atoms with Crippen molar-refractivity contribution in [2.45, 2.75) is 32.8 Å².